The van der Waals surface area contributed by atoms with Crippen LogP contribution in [-0.2, 0) is 6.42 Å². The van der Waals surface area contributed by atoms with Gasteiger partial charge in [-0.25, -0.2) is 9.97 Å². The van der Waals surface area contributed by atoms with E-state index in [1.54, 1.807) is 11.3 Å². The summed E-state index contributed by atoms with van der Waals surface area (Å²) in [5.41, 5.74) is 0. The minimum Gasteiger partial charge on any atom is -0.367 e. The van der Waals surface area contributed by atoms with E-state index < -0.39 is 0 Å². The minimum absolute atomic E-state index is 0.321. The van der Waals surface area contributed by atoms with Crippen molar-refractivity contribution in [2.75, 3.05) is 5.32 Å². The molecule has 104 valence electrons. The van der Waals surface area contributed by atoms with Crippen LogP contribution in [-0.4, -0.2) is 16.0 Å². The summed E-state index contributed by atoms with van der Waals surface area (Å²) in [6.45, 7) is 6.54. The third kappa shape index (κ3) is 3.57. The molecule has 19 heavy (non-hydrogen) atoms. The van der Waals surface area contributed by atoms with Crippen molar-refractivity contribution in [2.24, 2.45) is 0 Å². The smallest absolute Gasteiger partial charge is 0.225 e. The van der Waals surface area contributed by atoms with Gasteiger partial charge < -0.3 is 5.32 Å². The summed E-state index contributed by atoms with van der Waals surface area (Å²) in [5, 5.41) is 4.88. The van der Waals surface area contributed by atoms with Crippen LogP contribution >= 0.6 is 22.9 Å². The van der Waals surface area contributed by atoms with Gasteiger partial charge in [0.25, 0.3) is 0 Å². The van der Waals surface area contributed by atoms with Crippen LogP contribution in [0.2, 0.25) is 5.28 Å². The van der Waals surface area contributed by atoms with Crippen molar-refractivity contribution >= 4 is 39.0 Å². The second-order valence-electron chi connectivity index (χ2n) is 4.81. The SMILES string of the molecule is CCCCC(C)Nc1nc(Cl)nc2sc(CC)cc12. The first-order chi connectivity index (χ1) is 9.13. The number of fused-ring (bicyclic) bond motifs is 1. The number of rotatable bonds is 6. The summed E-state index contributed by atoms with van der Waals surface area (Å²) in [6.07, 6.45) is 4.60. The fourth-order valence-corrected chi connectivity index (χ4v) is 3.23. The molecule has 2 rings (SSSR count). The fraction of sp³-hybridized carbons (Fsp3) is 0.571. The highest BCUT2D eigenvalue weighted by molar-refractivity contribution is 7.18. The number of hydrogen-bond acceptors (Lipinski definition) is 4. The quantitative estimate of drug-likeness (QED) is 0.771. The van der Waals surface area contributed by atoms with Crippen molar-refractivity contribution < 1.29 is 0 Å². The van der Waals surface area contributed by atoms with Gasteiger partial charge in [-0.1, -0.05) is 26.7 Å². The average molecular weight is 298 g/mol. The largest absolute Gasteiger partial charge is 0.367 e. The van der Waals surface area contributed by atoms with Crippen LogP contribution < -0.4 is 5.32 Å². The maximum absolute atomic E-state index is 6.01. The third-order valence-electron chi connectivity index (χ3n) is 3.14. The molecule has 0 aliphatic heterocycles. The second kappa shape index (κ2) is 6.53. The Labute approximate surface area is 123 Å². The van der Waals surface area contributed by atoms with Gasteiger partial charge in [-0.3, -0.25) is 0 Å². The van der Waals surface area contributed by atoms with Gasteiger partial charge in [-0.05, 0) is 37.4 Å². The zero-order valence-corrected chi connectivity index (χ0v) is 13.2. The number of unbranched alkanes of at least 4 members (excludes halogenated alkanes) is 1. The Morgan fingerprint density at radius 3 is 2.84 bits per heavy atom. The highest BCUT2D eigenvalue weighted by atomic mass is 35.5. The molecule has 0 amide bonds. The molecule has 0 aliphatic rings. The zero-order chi connectivity index (χ0) is 13.8. The standard InChI is InChI=1S/C14H20ClN3S/c1-4-6-7-9(3)16-12-11-8-10(5-2)19-13(11)18-14(15)17-12/h8-9H,4-7H2,1-3H3,(H,16,17,18). The van der Waals surface area contributed by atoms with E-state index >= 15 is 0 Å². The number of thiophene rings is 1. The highest BCUT2D eigenvalue weighted by Crippen LogP contribution is 2.30. The molecule has 5 heteroatoms. The van der Waals surface area contributed by atoms with Gasteiger partial charge in [-0.15, -0.1) is 11.3 Å². The maximum atomic E-state index is 6.01. The van der Waals surface area contributed by atoms with E-state index in [-0.39, 0.29) is 0 Å². The number of aryl methyl sites for hydroxylation is 1. The number of anilines is 1. The normalized spacial score (nSPS) is 12.8. The molecule has 0 fully saturated rings. The molecule has 2 heterocycles. The zero-order valence-electron chi connectivity index (χ0n) is 11.7. The molecule has 1 N–H and O–H groups in total. The molecule has 2 aromatic rings. The minimum atomic E-state index is 0.321. The van der Waals surface area contributed by atoms with Crippen LogP contribution in [0.15, 0.2) is 6.07 Å². The Morgan fingerprint density at radius 2 is 2.16 bits per heavy atom. The van der Waals surface area contributed by atoms with E-state index in [1.807, 2.05) is 0 Å². The molecule has 1 atom stereocenters. The molecular weight excluding hydrogens is 278 g/mol. The van der Waals surface area contributed by atoms with Crippen molar-refractivity contribution in [3.8, 4) is 0 Å². The maximum Gasteiger partial charge on any atom is 0.225 e. The lowest BCUT2D eigenvalue weighted by Crippen LogP contribution is -2.16. The Hall–Kier alpha value is -0.870. The molecule has 0 bridgehead atoms. The van der Waals surface area contributed by atoms with Crippen molar-refractivity contribution in [1.29, 1.82) is 0 Å². The molecular formula is C14H20ClN3S. The molecule has 0 saturated carbocycles. The van der Waals surface area contributed by atoms with Gasteiger partial charge in [0.15, 0.2) is 0 Å². The monoisotopic (exact) mass is 297 g/mol. The fourth-order valence-electron chi connectivity index (χ4n) is 2.05. The van der Waals surface area contributed by atoms with Crippen molar-refractivity contribution in [1.82, 2.24) is 9.97 Å². The molecule has 1 unspecified atom stereocenters. The number of nitrogens with zero attached hydrogens (tertiary/aromatic N) is 2. The lowest BCUT2D eigenvalue weighted by Gasteiger charge is -2.14. The van der Waals surface area contributed by atoms with E-state index in [1.165, 1.54) is 17.7 Å². The van der Waals surface area contributed by atoms with Crippen molar-refractivity contribution in [3.63, 3.8) is 0 Å². The van der Waals surface area contributed by atoms with Crippen LogP contribution in [0.4, 0.5) is 5.82 Å². The topological polar surface area (TPSA) is 37.8 Å². The van der Waals surface area contributed by atoms with Gasteiger partial charge in [0, 0.05) is 10.9 Å². The summed E-state index contributed by atoms with van der Waals surface area (Å²) < 4.78 is 0. The van der Waals surface area contributed by atoms with E-state index in [0.29, 0.717) is 11.3 Å². The van der Waals surface area contributed by atoms with E-state index in [9.17, 15) is 0 Å². The molecule has 0 spiro atoms. The van der Waals surface area contributed by atoms with Gasteiger partial charge in [0.2, 0.25) is 5.28 Å². The van der Waals surface area contributed by atoms with E-state index in [2.05, 4.69) is 42.1 Å². The highest BCUT2D eigenvalue weighted by Gasteiger charge is 2.12. The summed E-state index contributed by atoms with van der Waals surface area (Å²) in [5.74, 6) is 0.870. The van der Waals surface area contributed by atoms with Gasteiger partial charge in [-0.2, -0.15) is 0 Å². The molecule has 0 saturated heterocycles. The third-order valence-corrected chi connectivity index (χ3v) is 4.48. The lowest BCUT2D eigenvalue weighted by atomic mass is 10.1. The molecule has 3 nitrogen and oxygen atoms in total. The summed E-state index contributed by atoms with van der Waals surface area (Å²) >= 11 is 7.70. The van der Waals surface area contributed by atoms with Crippen molar-refractivity contribution in [3.05, 3.63) is 16.2 Å². The van der Waals surface area contributed by atoms with Gasteiger partial charge in [0.05, 0.1) is 5.39 Å². The first-order valence-electron chi connectivity index (χ1n) is 6.86. The summed E-state index contributed by atoms with van der Waals surface area (Å²) in [6, 6.07) is 2.57. The molecule has 2 aromatic heterocycles. The van der Waals surface area contributed by atoms with E-state index in [4.69, 9.17) is 11.6 Å². The Morgan fingerprint density at radius 1 is 1.37 bits per heavy atom. The van der Waals surface area contributed by atoms with Crippen LogP contribution in [0.5, 0.6) is 0 Å². The number of aromatic nitrogens is 2. The molecule has 0 radical (unpaired) electrons. The van der Waals surface area contributed by atoms with Crippen molar-refractivity contribution in [2.45, 2.75) is 52.5 Å². The van der Waals surface area contributed by atoms with Crippen LogP contribution in [0.3, 0.4) is 0 Å². The van der Waals surface area contributed by atoms with Crippen LogP contribution in [0.25, 0.3) is 10.2 Å². The van der Waals surface area contributed by atoms with Crippen LogP contribution in [0, 0.1) is 0 Å². The average Bonchev–Trinajstić information content (AvgIpc) is 2.79. The Kier molecular flexibility index (Phi) is 4.99. The predicted molar refractivity (Wildman–Crippen MR) is 84.4 cm³/mol. The first kappa shape index (κ1) is 14.5. The Balaban J connectivity index is 2.28. The summed E-state index contributed by atoms with van der Waals surface area (Å²) in [7, 11) is 0. The first-order valence-corrected chi connectivity index (χ1v) is 8.06. The Bertz CT molecular complexity index is 553. The van der Waals surface area contributed by atoms with Crippen LogP contribution in [0.1, 0.15) is 44.9 Å². The van der Waals surface area contributed by atoms with Gasteiger partial charge in [0.1, 0.15) is 10.6 Å². The van der Waals surface area contributed by atoms with E-state index in [0.717, 1.165) is 28.9 Å². The molecule has 0 aliphatic carbocycles. The summed E-state index contributed by atoms with van der Waals surface area (Å²) in [4.78, 5) is 10.9. The van der Waals surface area contributed by atoms with Gasteiger partial charge >= 0.3 is 0 Å². The predicted octanol–water partition coefficient (Wildman–Crippen LogP) is 4.90. The second-order valence-corrected chi connectivity index (χ2v) is 6.27. The number of hydrogen-bond donors (Lipinski definition) is 1. The number of halogens is 1. The number of nitrogens with one attached hydrogen (secondary N) is 1. The molecule has 0 aromatic carbocycles. The lowest BCUT2D eigenvalue weighted by molar-refractivity contribution is 0.644.